The normalized spacial score (nSPS) is 11.7. The molecule has 48 heavy (non-hydrogen) atoms. The number of aliphatic carboxylic acids is 2. The van der Waals surface area contributed by atoms with Crippen molar-refractivity contribution in [1.82, 2.24) is 5.32 Å². The van der Waals surface area contributed by atoms with Crippen molar-refractivity contribution in [3.63, 3.8) is 0 Å². The van der Waals surface area contributed by atoms with Crippen LogP contribution in [-0.2, 0) is 43.0 Å². The van der Waals surface area contributed by atoms with E-state index in [1.165, 1.54) is 58.3 Å². The number of carbonyl (C=O) groups is 6. The van der Waals surface area contributed by atoms with Crippen molar-refractivity contribution in [3.8, 4) is 0 Å². The first-order valence-corrected chi connectivity index (χ1v) is 18.1. The van der Waals surface area contributed by atoms with E-state index in [0.717, 1.165) is 38.5 Å². The highest BCUT2D eigenvalue weighted by Crippen LogP contribution is 2.14. The Bertz CT molecular complexity index is 893. The van der Waals surface area contributed by atoms with Crippen molar-refractivity contribution in [2.24, 2.45) is 5.92 Å². The Hall–Kier alpha value is -2.70. The Morgan fingerprint density at radius 2 is 1.04 bits per heavy atom. The van der Waals surface area contributed by atoms with Gasteiger partial charge in [-0.15, -0.1) is 0 Å². The molecule has 0 aromatic rings. The zero-order valence-corrected chi connectivity index (χ0v) is 29.4. The van der Waals surface area contributed by atoms with Gasteiger partial charge in [-0.3, -0.25) is 24.0 Å². The van der Waals surface area contributed by atoms with E-state index in [-0.39, 0.29) is 56.4 Å². The molecule has 0 aromatic heterocycles. The number of carboxylic acids is 2. The summed E-state index contributed by atoms with van der Waals surface area (Å²) in [6, 6.07) is 0. The molecule has 12 nitrogen and oxygen atoms in total. The Kier molecular flexibility index (Phi) is 31.0. The molecule has 0 radical (unpaired) electrons. The van der Waals surface area contributed by atoms with Crippen LogP contribution in [0.25, 0.3) is 0 Å². The lowest BCUT2D eigenvalue weighted by molar-refractivity contribution is -0.145. The number of ketones is 3. The molecule has 1 amide bonds. The molecule has 12 heteroatoms. The number of nitrogens with one attached hydrogen (secondary N) is 1. The summed E-state index contributed by atoms with van der Waals surface area (Å²) in [6.07, 6.45) is 17.7. The fourth-order valence-electron chi connectivity index (χ4n) is 5.10. The minimum atomic E-state index is -1.13. The van der Waals surface area contributed by atoms with Crippen molar-refractivity contribution in [3.05, 3.63) is 0 Å². The monoisotopic (exact) mass is 685 g/mol. The van der Waals surface area contributed by atoms with Gasteiger partial charge in [-0.1, -0.05) is 77.0 Å². The SMILES string of the molecule is CC(=O)CC[C@H](CC(=O)COCC(=O)CCCOCCOCCNC(=O)CCCCCCCCCCCCCCCCC(=O)O)C(=O)O. The van der Waals surface area contributed by atoms with Crippen LogP contribution < -0.4 is 5.32 Å². The molecular formula is C36H63NO11. The van der Waals surface area contributed by atoms with Gasteiger partial charge in [-0.2, -0.15) is 0 Å². The van der Waals surface area contributed by atoms with Crippen LogP contribution in [0, 0.1) is 5.92 Å². The molecule has 0 aromatic carbocycles. The van der Waals surface area contributed by atoms with Gasteiger partial charge in [0.2, 0.25) is 5.91 Å². The third-order valence-electron chi connectivity index (χ3n) is 7.92. The Labute approximate surface area is 287 Å². The number of unbranched alkanes of at least 4 members (excludes halogenated alkanes) is 13. The summed E-state index contributed by atoms with van der Waals surface area (Å²) in [5.41, 5.74) is 0. The van der Waals surface area contributed by atoms with Gasteiger partial charge in [-0.25, -0.2) is 0 Å². The lowest BCUT2D eigenvalue weighted by Crippen LogP contribution is -2.27. The molecule has 1 atom stereocenters. The van der Waals surface area contributed by atoms with E-state index in [2.05, 4.69) is 5.32 Å². The molecule has 0 aliphatic rings. The first-order chi connectivity index (χ1) is 23.1. The number of hydrogen-bond donors (Lipinski definition) is 3. The largest absolute Gasteiger partial charge is 0.481 e. The third kappa shape index (κ3) is 33.2. The molecule has 0 bridgehead atoms. The highest BCUT2D eigenvalue weighted by atomic mass is 16.5. The van der Waals surface area contributed by atoms with E-state index in [1.54, 1.807) is 0 Å². The number of hydrogen-bond acceptors (Lipinski definition) is 9. The molecule has 278 valence electrons. The van der Waals surface area contributed by atoms with Crippen LogP contribution in [0.3, 0.4) is 0 Å². The highest BCUT2D eigenvalue weighted by Gasteiger charge is 2.21. The molecule has 3 N–H and O–H groups in total. The van der Waals surface area contributed by atoms with Crippen molar-refractivity contribution in [1.29, 1.82) is 0 Å². The number of amides is 1. The Balaban J connectivity index is 3.44. The van der Waals surface area contributed by atoms with Gasteiger partial charge in [0.05, 0.1) is 25.7 Å². The minimum absolute atomic E-state index is 0.0452. The number of rotatable bonds is 37. The highest BCUT2D eigenvalue weighted by molar-refractivity contribution is 5.85. The van der Waals surface area contributed by atoms with Gasteiger partial charge in [0.1, 0.15) is 19.0 Å². The van der Waals surface area contributed by atoms with E-state index in [4.69, 9.17) is 19.3 Å². The summed E-state index contributed by atoms with van der Waals surface area (Å²) >= 11 is 0. The summed E-state index contributed by atoms with van der Waals surface area (Å²) in [7, 11) is 0. The van der Waals surface area contributed by atoms with Gasteiger partial charge in [-0.05, 0) is 32.6 Å². The lowest BCUT2D eigenvalue weighted by Gasteiger charge is -2.10. The second-order valence-electron chi connectivity index (χ2n) is 12.6. The Morgan fingerprint density at radius 1 is 0.542 bits per heavy atom. The lowest BCUT2D eigenvalue weighted by atomic mass is 9.96. The molecule has 0 saturated heterocycles. The smallest absolute Gasteiger partial charge is 0.306 e. The van der Waals surface area contributed by atoms with E-state index in [9.17, 15) is 33.9 Å². The maximum absolute atomic E-state index is 12.0. The molecule has 0 spiro atoms. The third-order valence-corrected chi connectivity index (χ3v) is 7.92. The van der Waals surface area contributed by atoms with Crippen LogP contribution in [0.5, 0.6) is 0 Å². The van der Waals surface area contributed by atoms with Crippen LogP contribution in [0.15, 0.2) is 0 Å². The molecule has 0 unspecified atom stereocenters. The molecular weight excluding hydrogens is 622 g/mol. The van der Waals surface area contributed by atoms with Crippen LogP contribution in [-0.4, -0.2) is 91.6 Å². The fourth-order valence-corrected chi connectivity index (χ4v) is 5.10. The standard InChI is InChI=1S/C36H63NO11/c1-30(38)20-21-31(36(44)45)27-33(40)29-48-28-32(39)17-16-23-46-25-26-47-24-22-37-34(41)18-14-12-10-8-6-4-2-3-5-7-9-11-13-15-19-35(42)43/h31H,2-29H2,1H3,(H,37,41)(H,42,43)(H,44,45)/t31-/m1/s1. The first kappa shape index (κ1) is 45.3. The van der Waals surface area contributed by atoms with Crippen LogP contribution in [0.2, 0.25) is 0 Å². The van der Waals surface area contributed by atoms with E-state index in [0.29, 0.717) is 52.2 Å². The summed E-state index contributed by atoms with van der Waals surface area (Å²) in [6.45, 7) is 2.80. The second kappa shape index (κ2) is 32.8. The van der Waals surface area contributed by atoms with Gasteiger partial charge in [0.25, 0.3) is 0 Å². The number of carbonyl (C=O) groups excluding carboxylic acids is 4. The average molecular weight is 686 g/mol. The van der Waals surface area contributed by atoms with Gasteiger partial charge in [0.15, 0.2) is 11.6 Å². The zero-order valence-electron chi connectivity index (χ0n) is 29.4. The fraction of sp³-hybridized carbons (Fsp3) is 0.833. The van der Waals surface area contributed by atoms with Crippen molar-refractivity contribution < 1.29 is 53.2 Å². The molecule has 0 heterocycles. The first-order valence-electron chi connectivity index (χ1n) is 18.1. The Morgan fingerprint density at radius 3 is 1.56 bits per heavy atom. The topological polar surface area (TPSA) is 183 Å². The molecule has 0 aliphatic heterocycles. The summed E-state index contributed by atoms with van der Waals surface area (Å²) in [5, 5.41) is 20.7. The number of carboxylic acid groups (broad SMARTS) is 2. The zero-order chi connectivity index (χ0) is 35.7. The quantitative estimate of drug-likeness (QED) is 0.0666. The van der Waals surface area contributed by atoms with Crippen molar-refractivity contribution in [2.45, 2.75) is 142 Å². The molecule has 0 fully saturated rings. The maximum atomic E-state index is 12.0. The van der Waals surface area contributed by atoms with E-state index >= 15 is 0 Å². The van der Waals surface area contributed by atoms with Gasteiger partial charge < -0.3 is 34.5 Å². The van der Waals surface area contributed by atoms with Crippen molar-refractivity contribution >= 4 is 35.2 Å². The molecule has 0 aliphatic carbocycles. The summed E-state index contributed by atoms with van der Waals surface area (Å²) in [4.78, 5) is 68.6. The maximum Gasteiger partial charge on any atom is 0.306 e. The average Bonchev–Trinajstić information content (AvgIpc) is 3.03. The predicted molar refractivity (Wildman–Crippen MR) is 182 cm³/mol. The second-order valence-corrected chi connectivity index (χ2v) is 12.6. The molecule has 0 rings (SSSR count). The number of ether oxygens (including phenoxy) is 3. The summed E-state index contributed by atoms with van der Waals surface area (Å²) < 4.78 is 16.0. The van der Waals surface area contributed by atoms with Crippen LogP contribution in [0.4, 0.5) is 0 Å². The van der Waals surface area contributed by atoms with E-state index in [1.807, 2.05) is 0 Å². The van der Waals surface area contributed by atoms with Gasteiger partial charge in [0, 0.05) is 45.3 Å². The summed E-state index contributed by atoms with van der Waals surface area (Å²) in [5.74, 6) is -3.44. The van der Waals surface area contributed by atoms with Crippen LogP contribution >= 0.6 is 0 Å². The predicted octanol–water partition coefficient (Wildman–Crippen LogP) is 5.86. The van der Waals surface area contributed by atoms with Crippen molar-refractivity contribution in [2.75, 3.05) is 46.2 Å². The minimum Gasteiger partial charge on any atom is -0.481 e. The number of Topliss-reactive ketones (excluding diaryl/α,β-unsaturated/α-hetero) is 3. The van der Waals surface area contributed by atoms with Gasteiger partial charge >= 0.3 is 11.9 Å². The van der Waals surface area contributed by atoms with E-state index < -0.39 is 23.6 Å². The van der Waals surface area contributed by atoms with Crippen LogP contribution in [0.1, 0.15) is 142 Å². The molecule has 0 saturated carbocycles.